The molecule has 0 aliphatic rings. The van der Waals surface area contributed by atoms with E-state index in [1.54, 1.807) is 13.8 Å². The van der Waals surface area contributed by atoms with E-state index in [0.717, 1.165) is 16.7 Å². The van der Waals surface area contributed by atoms with Gasteiger partial charge in [0.2, 0.25) is 0 Å². The van der Waals surface area contributed by atoms with Crippen LogP contribution in [-0.4, -0.2) is 5.97 Å². The number of aryl methyl sites for hydroxylation is 1. The largest absolute Gasteiger partial charge is 0.545 e. The SMILES string of the molecule is C/C(C(=O)[O-])=C(/C)c1cccc(C)c1. The molecule has 0 fully saturated rings. The van der Waals surface area contributed by atoms with E-state index < -0.39 is 5.97 Å². The third-order valence-corrected chi connectivity index (χ3v) is 2.32. The fourth-order valence-corrected chi connectivity index (χ4v) is 1.25. The molecule has 1 rings (SSSR count). The summed E-state index contributed by atoms with van der Waals surface area (Å²) < 4.78 is 0. The first-order chi connectivity index (χ1) is 6.52. The van der Waals surface area contributed by atoms with Gasteiger partial charge in [0.05, 0.1) is 5.97 Å². The van der Waals surface area contributed by atoms with Crippen molar-refractivity contribution < 1.29 is 9.90 Å². The number of carboxylic acids is 1. The summed E-state index contributed by atoms with van der Waals surface area (Å²) in [6.07, 6.45) is 0. The van der Waals surface area contributed by atoms with Crippen molar-refractivity contribution in [2.45, 2.75) is 20.8 Å². The second-order valence-corrected chi connectivity index (χ2v) is 3.41. The zero-order chi connectivity index (χ0) is 10.7. The molecule has 2 heteroatoms. The number of carbonyl (C=O) groups excluding carboxylic acids is 1. The molecule has 0 N–H and O–H groups in total. The van der Waals surface area contributed by atoms with Crippen LogP contribution in [0.1, 0.15) is 25.0 Å². The Morgan fingerprint density at radius 1 is 1.29 bits per heavy atom. The van der Waals surface area contributed by atoms with E-state index in [1.165, 1.54) is 0 Å². The van der Waals surface area contributed by atoms with Crippen molar-refractivity contribution in [3.8, 4) is 0 Å². The Bertz CT molecular complexity index is 389. The lowest BCUT2D eigenvalue weighted by Gasteiger charge is -2.09. The highest BCUT2D eigenvalue weighted by atomic mass is 16.4. The van der Waals surface area contributed by atoms with E-state index in [4.69, 9.17) is 0 Å². The van der Waals surface area contributed by atoms with Gasteiger partial charge in [-0.1, -0.05) is 29.8 Å². The minimum Gasteiger partial charge on any atom is -0.545 e. The first-order valence-electron chi connectivity index (χ1n) is 4.48. The molecule has 2 nitrogen and oxygen atoms in total. The Labute approximate surface area is 83.9 Å². The van der Waals surface area contributed by atoms with Gasteiger partial charge in [-0.3, -0.25) is 0 Å². The molecule has 74 valence electrons. The number of benzene rings is 1. The smallest absolute Gasteiger partial charge is 0.0674 e. The highest BCUT2D eigenvalue weighted by molar-refractivity contribution is 5.93. The zero-order valence-corrected chi connectivity index (χ0v) is 8.63. The molecular weight excluding hydrogens is 176 g/mol. The maximum atomic E-state index is 10.6. The third-order valence-electron chi connectivity index (χ3n) is 2.32. The van der Waals surface area contributed by atoms with Gasteiger partial charge >= 0.3 is 0 Å². The molecule has 0 bridgehead atoms. The van der Waals surface area contributed by atoms with Crippen molar-refractivity contribution in [2.75, 3.05) is 0 Å². The second-order valence-electron chi connectivity index (χ2n) is 3.41. The summed E-state index contributed by atoms with van der Waals surface area (Å²) in [4.78, 5) is 10.6. The van der Waals surface area contributed by atoms with Gasteiger partial charge in [-0.05, 0) is 37.5 Å². The number of rotatable bonds is 2. The molecule has 0 aromatic heterocycles. The molecule has 0 heterocycles. The summed E-state index contributed by atoms with van der Waals surface area (Å²) >= 11 is 0. The lowest BCUT2D eigenvalue weighted by molar-refractivity contribution is -0.299. The van der Waals surface area contributed by atoms with Crippen LogP contribution in [0.2, 0.25) is 0 Å². The van der Waals surface area contributed by atoms with Gasteiger partial charge in [0, 0.05) is 0 Å². The minimum absolute atomic E-state index is 0.288. The zero-order valence-electron chi connectivity index (χ0n) is 8.63. The van der Waals surface area contributed by atoms with Crippen LogP contribution < -0.4 is 5.11 Å². The standard InChI is InChI=1S/C12H14O2/c1-8-5-4-6-11(7-8)9(2)10(3)12(13)14/h4-7H,1-3H3,(H,13,14)/p-1/b10-9+. The van der Waals surface area contributed by atoms with E-state index in [-0.39, 0.29) is 5.57 Å². The number of hydrogen-bond acceptors (Lipinski definition) is 2. The van der Waals surface area contributed by atoms with Gasteiger partial charge in [0.25, 0.3) is 0 Å². The van der Waals surface area contributed by atoms with Gasteiger partial charge in [0.15, 0.2) is 0 Å². The maximum absolute atomic E-state index is 10.6. The van der Waals surface area contributed by atoms with Crippen LogP contribution >= 0.6 is 0 Å². The molecule has 1 aromatic carbocycles. The lowest BCUT2D eigenvalue weighted by atomic mass is 10.0. The summed E-state index contributed by atoms with van der Waals surface area (Å²) in [5.74, 6) is -1.11. The van der Waals surface area contributed by atoms with Crippen molar-refractivity contribution >= 4 is 11.5 Å². The molecule has 0 unspecified atom stereocenters. The number of hydrogen-bond donors (Lipinski definition) is 0. The summed E-state index contributed by atoms with van der Waals surface area (Å²) in [6.45, 7) is 5.33. The quantitative estimate of drug-likeness (QED) is 0.662. The Hall–Kier alpha value is -1.57. The van der Waals surface area contributed by atoms with Gasteiger partial charge in [-0.15, -0.1) is 0 Å². The van der Waals surface area contributed by atoms with Crippen molar-refractivity contribution in [2.24, 2.45) is 0 Å². The monoisotopic (exact) mass is 189 g/mol. The summed E-state index contributed by atoms with van der Waals surface area (Å²) in [7, 11) is 0. The van der Waals surface area contributed by atoms with E-state index >= 15 is 0 Å². The van der Waals surface area contributed by atoms with Crippen LogP contribution in [0, 0.1) is 6.92 Å². The van der Waals surface area contributed by atoms with Crippen molar-refractivity contribution in [1.82, 2.24) is 0 Å². The Morgan fingerprint density at radius 3 is 2.43 bits per heavy atom. The van der Waals surface area contributed by atoms with Gasteiger partial charge in [-0.2, -0.15) is 0 Å². The first kappa shape index (κ1) is 10.5. The van der Waals surface area contributed by atoms with Crippen LogP contribution in [-0.2, 0) is 4.79 Å². The van der Waals surface area contributed by atoms with Crippen LogP contribution in [0.25, 0.3) is 5.57 Å². The Morgan fingerprint density at radius 2 is 1.93 bits per heavy atom. The van der Waals surface area contributed by atoms with Crippen molar-refractivity contribution in [1.29, 1.82) is 0 Å². The molecule has 0 spiro atoms. The molecule has 1 aromatic rings. The van der Waals surface area contributed by atoms with Crippen LogP contribution in [0.3, 0.4) is 0 Å². The summed E-state index contributed by atoms with van der Waals surface area (Å²) in [5, 5.41) is 10.6. The van der Waals surface area contributed by atoms with E-state index in [1.807, 2.05) is 31.2 Å². The highest BCUT2D eigenvalue weighted by Gasteiger charge is 2.01. The topological polar surface area (TPSA) is 40.1 Å². The number of allylic oxidation sites excluding steroid dienone is 1. The summed E-state index contributed by atoms with van der Waals surface area (Å²) in [5.41, 5.74) is 3.10. The lowest BCUT2D eigenvalue weighted by Crippen LogP contribution is -2.23. The van der Waals surface area contributed by atoms with Crippen molar-refractivity contribution in [3.05, 3.63) is 41.0 Å². The summed E-state index contributed by atoms with van der Waals surface area (Å²) in [6, 6.07) is 7.75. The average Bonchev–Trinajstić information content (AvgIpc) is 2.15. The third kappa shape index (κ3) is 2.22. The first-order valence-corrected chi connectivity index (χ1v) is 4.48. The van der Waals surface area contributed by atoms with Crippen LogP contribution in [0.4, 0.5) is 0 Å². The molecule has 0 amide bonds. The maximum Gasteiger partial charge on any atom is 0.0674 e. The average molecular weight is 189 g/mol. The molecule has 0 saturated heterocycles. The Balaban J connectivity index is 3.18. The van der Waals surface area contributed by atoms with Gasteiger partial charge in [-0.25, -0.2) is 0 Å². The highest BCUT2D eigenvalue weighted by Crippen LogP contribution is 2.18. The molecule has 0 aliphatic carbocycles. The fourth-order valence-electron chi connectivity index (χ4n) is 1.25. The number of aliphatic carboxylic acids is 1. The molecule has 14 heavy (non-hydrogen) atoms. The van der Waals surface area contributed by atoms with E-state index in [2.05, 4.69) is 0 Å². The predicted octanol–water partition coefficient (Wildman–Crippen LogP) is 1.54. The van der Waals surface area contributed by atoms with E-state index in [0.29, 0.717) is 0 Å². The van der Waals surface area contributed by atoms with Crippen LogP contribution in [0.15, 0.2) is 29.8 Å². The van der Waals surface area contributed by atoms with Gasteiger partial charge in [0.1, 0.15) is 0 Å². The number of carboxylic acid groups (broad SMARTS) is 1. The molecule has 0 atom stereocenters. The molecule has 0 radical (unpaired) electrons. The molecule has 0 saturated carbocycles. The number of carbonyl (C=O) groups is 1. The normalized spacial score (nSPS) is 12.2. The fraction of sp³-hybridized carbons (Fsp3) is 0.250. The van der Waals surface area contributed by atoms with Crippen LogP contribution in [0.5, 0.6) is 0 Å². The van der Waals surface area contributed by atoms with Gasteiger partial charge < -0.3 is 9.90 Å². The minimum atomic E-state index is -1.11. The molecule has 0 aliphatic heterocycles. The van der Waals surface area contributed by atoms with Crippen molar-refractivity contribution in [3.63, 3.8) is 0 Å². The Kier molecular flexibility index (Phi) is 3.07. The van der Waals surface area contributed by atoms with E-state index in [9.17, 15) is 9.90 Å². The predicted molar refractivity (Wildman–Crippen MR) is 54.5 cm³/mol. The second kappa shape index (κ2) is 4.09. The molecular formula is C12H13O2-.